The van der Waals surface area contributed by atoms with E-state index in [0.29, 0.717) is 12.0 Å². The van der Waals surface area contributed by atoms with E-state index in [0.717, 1.165) is 41.8 Å². The Bertz CT molecular complexity index is 532. The largest absolute Gasteiger partial charge is 0.440 e. The van der Waals surface area contributed by atoms with Crippen LogP contribution in [0, 0.1) is 6.92 Å². The average molecular weight is 230 g/mol. The summed E-state index contributed by atoms with van der Waals surface area (Å²) in [6, 6.07) is 6.41. The first-order chi connectivity index (χ1) is 8.24. The van der Waals surface area contributed by atoms with Crippen LogP contribution in [-0.2, 0) is 0 Å². The fourth-order valence-corrected chi connectivity index (χ4v) is 2.73. The molecule has 2 N–H and O–H groups in total. The van der Waals surface area contributed by atoms with Gasteiger partial charge in [-0.2, -0.15) is 0 Å². The number of aryl methyl sites for hydroxylation is 1. The van der Waals surface area contributed by atoms with Gasteiger partial charge in [0.1, 0.15) is 5.52 Å². The van der Waals surface area contributed by atoms with Gasteiger partial charge in [-0.3, -0.25) is 0 Å². The van der Waals surface area contributed by atoms with Crippen LogP contribution in [0.5, 0.6) is 0 Å². The Morgan fingerprint density at radius 3 is 3.00 bits per heavy atom. The number of hydrogen-bond donors (Lipinski definition) is 1. The molecule has 1 aliphatic rings. The summed E-state index contributed by atoms with van der Waals surface area (Å²) < 4.78 is 5.92. The average Bonchev–Trinajstić information content (AvgIpc) is 2.74. The highest BCUT2D eigenvalue weighted by Gasteiger charge is 2.25. The molecule has 3 nitrogen and oxygen atoms in total. The molecule has 1 aliphatic carbocycles. The van der Waals surface area contributed by atoms with Crippen LogP contribution in [0.2, 0.25) is 0 Å². The van der Waals surface area contributed by atoms with Crippen molar-refractivity contribution in [3.8, 4) is 0 Å². The summed E-state index contributed by atoms with van der Waals surface area (Å²) in [4.78, 5) is 4.61. The van der Waals surface area contributed by atoms with Crippen LogP contribution in [-0.4, -0.2) is 11.0 Å². The molecule has 0 bridgehead atoms. The summed E-state index contributed by atoms with van der Waals surface area (Å²) in [5.41, 5.74) is 9.07. The molecule has 3 heteroatoms. The SMILES string of the molecule is Cc1cccc2nc(C3CCCC(N)C3)oc12. The second kappa shape index (κ2) is 4.15. The van der Waals surface area contributed by atoms with E-state index >= 15 is 0 Å². The van der Waals surface area contributed by atoms with Gasteiger partial charge in [-0.1, -0.05) is 18.6 Å². The smallest absolute Gasteiger partial charge is 0.198 e. The first kappa shape index (κ1) is 10.8. The van der Waals surface area contributed by atoms with Crippen LogP contribution >= 0.6 is 0 Å². The molecular formula is C14H18N2O. The van der Waals surface area contributed by atoms with E-state index in [-0.39, 0.29) is 0 Å². The normalized spacial score (nSPS) is 25.3. The van der Waals surface area contributed by atoms with E-state index in [4.69, 9.17) is 10.2 Å². The quantitative estimate of drug-likeness (QED) is 0.818. The monoisotopic (exact) mass is 230 g/mol. The van der Waals surface area contributed by atoms with Gasteiger partial charge in [-0.25, -0.2) is 4.98 Å². The lowest BCUT2D eigenvalue weighted by atomic mass is 9.86. The van der Waals surface area contributed by atoms with Gasteiger partial charge in [-0.15, -0.1) is 0 Å². The molecule has 1 aromatic heterocycles. The Kier molecular flexibility index (Phi) is 2.63. The number of nitrogens with two attached hydrogens (primary N) is 1. The summed E-state index contributed by atoms with van der Waals surface area (Å²) >= 11 is 0. The number of fused-ring (bicyclic) bond motifs is 1. The standard InChI is InChI=1S/C14H18N2O/c1-9-4-2-7-12-13(9)17-14(16-12)10-5-3-6-11(15)8-10/h2,4,7,10-11H,3,5-6,8,15H2,1H3. The van der Waals surface area contributed by atoms with E-state index < -0.39 is 0 Å². The van der Waals surface area contributed by atoms with Crippen molar-refractivity contribution in [3.63, 3.8) is 0 Å². The summed E-state index contributed by atoms with van der Waals surface area (Å²) in [6.45, 7) is 2.06. The highest BCUT2D eigenvalue weighted by molar-refractivity contribution is 5.76. The van der Waals surface area contributed by atoms with E-state index in [1.54, 1.807) is 0 Å². The predicted octanol–water partition coefficient (Wildman–Crippen LogP) is 3.12. The molecule has 2 aromatic rings. The Hall–Kier alpha value is -1.35. The number of hydrogen-bond acceptors (Lipinski definition) is 3. The van der Waals surface area contributed by atoms with E-state index in [9.17, 15) is 0 Å². The molecule has 2 atom stereocenters. The Morgan fingerprint density at radius 2 is 2.24 bits per heavy atom. The maximum atomic E-state index is 6.02. The molecule has 0 spiro atoms. The molecule has 2 unspecified atom stereocenters. The molecule has 3 rings (SSSR count). The van der Waals surface area contributed by atoms with E-state index in [1.165, 1.54) is 6.42 Å². The molecule has 1 aromatic carbocycles. The number of rotatable bonds is 1. The van der Waals surface area contributed by atoms with Gasteiger partial charge in [0.2, 0.25) is 0 Å². The maximum Gasteiger partial charge on any atom is 0.198 e. The van der Waals surface area contributed by atoms with Crippen molar-refractivity contribution in [2.75, 3.05) is 0 Å². The van der Waals surface area contributed by atoms with Crippen molar-refractivity contribution in [1.82, 2.24) is 4.98 Å². The summed E-state index contributed by atoms with van der Waals surface area (Å²) in [6.07, 6.45) is 4.48. The van der Waals surface area contributed by atoms with Gasteiger partial charge >= 0.3 is 0 Å². The fraction of sp³-hybridized carbons (Fsp3) is 0.500. The third-order valence-corrected chi connectivity index (χ3v) is 3.69. The molecule has 90 valence electrons. The van der Waals surface area contributed by atoms with Crippen LogP contribution in [0.3, 0.4) is 0 Å². The Morgan fingerprint density at radius 1 is 1.35 bits per heavy atom. The van der Waals surface area contributed by atoms with Crippen molar-refractivity contribution in [2.24, 2.45) is 5.73 Å². The van der Waals surface area contributed by atoms with Crippen LogP contribution < -0.4 is 5.73 Å². The third-order valence-electron chi connectivity index (χ3n) is 3.69. The lowest BCUT2D eigenvalue weighted by Crippen LogP contribution is -2.26. The van der Waals surface area contributed by atoms with Crippen molar-refractivity contribution in [2.45, 2.75) is 44.6 Å². The zero-order valence-electron chi connectivity index (χ0n) is 10.1. The number of nitrogens with zero attached hydrogens (tertiary/aromatic N) is 1. The highest BCUT2D eigenvalue weighted by atomic mass is 16.3. The number of benzene rings is 1. The number of oxazole rings is 1. The van der Waals surface area contributed by atoms with Gasteiger partial charge in [0.15, 0.2) is 11.5 Å². The lowest BCUT2D eigenvalue weighted by molar-refractivity contribution is 0.342. The second-order valence-corrected chi connectivity index (χ2v) is 5.10. The molecule has 1 heterocycles. The Labute approximate surface area is 101 Å². The van der Waals surface area contributed by atoms with Crippen molar-refractivity contribution >= 4 is 11.1 Å². The van der Waals surface area contributed by atoms with Gasteiger partial charge in [0.25, 0.3) is 0 Å². The van der Waals surface area contributed by atoms with Crippen LogP contribution in [0.4, 0.5) is 0 Å². The summed E-state index contributed by atoms with van der Waals surface area (Å²) in [7, 11) is 0. The van der Waals surface area contributed by atoms with Gasteiger partial charge < -0.3 is 10.2 Å². The highest BCUT2D eigenvalue weighted by Crippen LogP contribution is 2.33. The topological polar surface area (TPSA) is 52.0 Å². The number of para-hydroxylation sites is 1. The Balaban J connectivity index is 1.97. The van der Waals surface area contributed by atoms with Crippen LogP contribution in [0.25, 0.3) is 11.1 Å². The van der Waals surface area contributed by atoms with Crippen molar-refractivity contribution in [1.29, 1.82) is 0 Å². The summed E-state index contributed by atoms with van der Waals surface area (Å²) in [5.74, 6) is 1.29. The predicted molar refractivity (Wildman–Crippen MR) is 67.9 cm³/mol. The molecular weight excluding hydrogens is 212 g/mol. The second-order valence-electron chi connectivity index (χ2n) is 5.10. The minimum atomic E-state index is 0.310. The van der Waals surface area contributed by atoms with Gasteiger partial charge in [-0.05, 0) is 37.8 Å². The van der Waals surface area contributed by atoms with Crippen molar-refractivity contribution in [3.05, 3.63) is 29.7 Å². The maximum absolute atomic E-state index is 6.02. The van der Waals surface area contributed by atoms with Crippen LogP contribution in [0.15, 0.2) is 22.6 Å². The van der Waals surface area contributed by atoms with Gasteiger partial charge in [0, 0.05) is 12.0 Å². The van der Waals surface area contributed by atoms with E-state index in [1.807, 2.05) is 12.1 Å². The van der Waals surface area contributed by atoms with Gasteiger partial charge in [0.05, 0.1) is 0 Å². The molecule has 0 radical (unpaired) electrons. The van der Waals surface area contributed by atoms with Crippen LogP contribution in [0.1, 0.15) is 43.1 Å². The zero-order chi connectivity index (χ0) is 11.8. The third kappa shape index (κ3) is 1.95. The zero-order valence-corrected chi connectivity index (χ0v) is 10.1. The number of aromatic nitrogens is 1. The first-order valence-electron chi connectivity index (χ1n) is 6.35. The summed E-state index contributed by atoms with van der Waals surface area (Å²) in [5, 5.41) is 0. The van der Waals surface area contributed by atoms with E-state index in [2.05, 4.69) is 18.0 Å². The fourth-order valence-electron chi connectivity index (χ4n) is 2.73. The molecule has 1 fully saturated rings. The first-order valence-corrected chi connectivity index (χ1v) is 6.35. The minimum absolute atomic E-state index is 0.310. The lowest BCUT2D eigenvalue weighted by Gasteiger charge is -2.23. The van der Waals surface area contributed by atoms with Crippen molar-refractivity contribution < 1.29 is 4.42 Å². The molecule has 1 saturated carbocycles. The minimum Gasteiger partial charge on any atom is -0.440 e. The molecule has 0 aliphatic heterocycles. The molecule has 17 heavy (non-hydrogen) atoms. The molecule has 0 amide bonds. The molecule has 0 saturated heterocycles.